The molecule has 5 heterocycles. The molecule has 0 fully saturated rings. The van der Waals surface area contributed by atoms with Crippen molar-refractivity contribution < 1.29 is 42.6 Å². The molecule has 1 N–H and O–H groups in total. The minimum Gasteiger partial charge on any atom is 2.00 e. The van der Waals surface area contributed by atoms with E-state index in [-0.39, 0.29) is 30.7 Å². The first-order valence-corrected chi connectivity index (χ1v) is 15.9. The van der Waals surface area contributed by atoms with E-state index in [9.17, 15) is 18.0 Å². The molecule has 0 aliphatic carbocycles. The number of carbonyl (C=O) groups is 1. The topological polar surface area (TPSA) is 141 Å². The number of hydrogen-bond donors (Lipinski definition) is 1. The second-order valence-electron chi connectivity index (χ2n) is 10.2. The summed E-state index contributed by atoms with van der Waals surface area (Å²) < 4.78 is 39.8. The van der Waals surface area contributed by atoms with Crippen LogP contribution in [0.5, 0.6) is 0 Å². The van der Waals surface area contributed by atoms with Gasteiger partial charge in [0.15, 0.2) is 0 Å². The van der Waals surface area contributed by atoms with Crippen LogP contribution >= 0.6 is 0 Å². The van der Waals surface area contributed by atoms with E-state index in [0.29, 0.717) is 17.1 Å². The Kier molecular flexibility index (Phi) is 15.2. The number of carboxylic acid groups (broad SMARTS) is 1. The summed E-state index contributed by atoms with van der Waals surface area (Å²) in [7, 11) is 0. The normalized spacial score (nSPS) is 10.3. The fourth-order valence-electron chi connectivity index (χ4n) is 4.72. The van der Waals surface area contributed by atoms with Crippen molar-refractivity contribution in [3.63, 3.8) is 0 Å². The van der Waals surface area contributed by atoms with Gasteiger partial charge in [-0.15, -0.1) is 0 Å². The van der Waals surface area contributed by atoms with Gasteiger partial charge in [0.1, 0.15) is 5.69 Å². The van der Waals surface area contributed by atoms with Gasteiger partial charge in [-0.3, -0.25) is 15.0 Å². The van der Waals surface area contributed by atoms with E-state index in [1.807, 2.05) is 54.6 Å². The molecule has 0 unspecified atom stereocenters. The first kappa shape index (κ1) is 40.2. The maximum absolute atomic E-state index is 12.7. The summed E-state index contributed by atoms with van der Waals surface area (Å²) >= 11 is 2.11. The van der Waals surface area contributed by atoms with E-state index in [0.717, 1.165) is 47.4 Å². The third-order valence-electron chi connectivity index (χ3n) is 7.11. The molecule has 5 aromatic heterocycles. The molecule has 0 aliphatic rings. The maximum atomic E-state index is 12.7. The summed E-state index contributed by atoms with van der Waals surface area (Å²) in [4.78, 5) is 30.3. The number of halogens is 3. The third kappa shape index (κ3) is 11.2. The van der Waals surface area contributed by atoms with Gasteiger partial charge in [0, 0.05) is 43.1 Å². The van der Waals surface area contributed by atoms with E-state index < -0.39 is 17.8 Å². The molecular formula is C36H29F3N8O2RuSe. The molecule has 0 aliphatic heterocycles. The Morgan fingerprint density at radius 1 is 0.804 bits per heavy atom. The van der Waals surface area contributed by atoms with Gasteiger partial charge in [0.25, 0.3) is 0 Å². The molecule has 51 heavy (non-hydrogen) atoms. The number of pyridine rings is 4. The summed E-state index contributed by atoms with van der Waals surface area (Å²) in [6.45, 7) is 5.97. The molecule has 0 bridgehead atoms. The molecule has 0 amide bonds. The van der Waals surface area contributed by atoms with Crippen molar-refractivity contribution in [2.75, 3.05) is 18.0 Å². The van der Waals surface area contributed by atoms with Gasteiger partial charge in [-0.1, -0.05) is 30.0 Å². The van der Waals surface area contributed by atoms with Crippen molar-refractivity contribution in [3.8, 4) is 45.3 Å². The van der Waals surface area contributed by atoms with Gasteiger partial charge >= 0.3 is 57.3 Å². The Bertz CT molecular complexity index is 2070. The summed E-state index contributed by atoms with van der Waals surface area (Å²) in [5.74, 6) is -0.987. The predicted octanol–water partition coefficient (Wildman–Crippen LogP) is 7.16. The van der Waals surface area contributed by atoms with Gasteiger partial charge in [-0.2, -0.15) is 13.2 Å². The molecule has 1 aromatic carbocycles. The molecule has 15 heteroatoms. The van der Waals surface area contributed by atoms with Gasteiger partial charge in [-0.25, -0.2) is 9.78 Å². The van der Waals surface area contributed by atoms with Crippen LogP contribution in [0.2, 0.25) is 0 Å². The van der Waals surface area contributed by atoms with Crippen LogP contribution in [0.4, 0.5) is 18.9 Å². The number of benzene rings is 1. The zero-order valence-corrected chi connectivity index (χ0v) is 30.6. The molecule has 6 rings (SSSR count). The molecule has 0 atom stereocenters. The van der Waals surface area contributed by atoms with E-state index in [1.165, 1.54) is 18.3 Å². The fraction of sp³-hybridized carbons (Fsp3) is 0.139. The zero-order valence-electron chi connectivity index (χ0n) is 27.1. The average molecular weight is 843 g/mol. The predicted molar refractivity (Wildman–Crippen MR) is 187 cm³/mol. The van der Waals surface area contributed by atoms with Gasteiger partial charge < -0.3 is 20.2 Å². The Hall–Kier alpha value is -5.19. The van der Waals surface area contributed by atoms with Crippen molar-refractivity contribution in [1.82, 2.24) is 30.1 Å². The Balaban J connectivity index is 0.000000256. The Morgan fingerprint density at radius 2 is 1.41 bits per heavy atom. The van der Waals surface area contributed by atoms with Crippen LogP contribution in [0, 0.1) is 0 Å². The number of hydrogen-bond acceptors (Lipinski definition) is 7. The van der Waals surface area contributed by atoms with Crippen LogP contribution in [0.25, 0.3) is 50.7 Å². The molecule has 10 nitrogen and oxygen atoms in total. The molecular weight excluding hydrogens is 813 g/mol. The number of aromatic carboxylic acids is 1. The van der Waals surface area contributed by atoms with Crippen LogP contribution in [-0.4, -0.2) is 69.5 Å². The number of rotatable bonds is 8. The summed E-state index contributed by atoms with van der Waals surface area (Å²) in [5.41, 5.74) is 5.18. The number of anilines is 1. The maximum Gasteiger partial charge on any atom is 2.00 e. The van der Waals surface area contributed by atoms with Crippen LogP contribution < -0.4 is 10.00 Å². The summed E-state index contributed by atoms with van der Waals surface area (Å²) in [6, 6.07) is 26.5. The van der Waals surface area contributed by atoms with Crippen molar-refractivity contribution in [2.45, 2.75) is 20.0 Å². The SMILES string of the molecule is CCN(CC)c1cccc(-c2ccnc(-c3cc(C(F)(F)F)n[n-]3)c2)c1.O=C(O)c1ccnc(-c2cccc(-c3ccccn3)n2)c1.[N-]=C=[Se].[Ru+2]. The molecule has 0 spiro atoms. The van der Waals surface area contributed by atoms with E-state index >= 15 is 0 Å². The van der Waals surface area contributed by atoms with E-state index in [2.05, 4.69) is 70.5 Å². The Morgan fingerprint density at radius 3 is 2.04 bits per heavy atom. The van der Waals surface area contributed by atoms with Crippen LogP contribution in [0.15, 0.2) is 110 Å². The molecule has 0 radical (unpaired) electrons. The van der Waals surface area contributed by atoms with Crippen molar-refractivity contribution >= 4 is 31.9 Å². The zero-order chi connectivity index (χ0) is 36.1. The van der Waals surface area contributed by atoms with Crippen LogP contribution in [0.3, 0.4) is 0 Å². The second-order valence-corrected chi connectivity index (χ2v) is 10.6. The standard InChI is InChI=1S/C19H18F3N4.C16H11N3O2.CNSe.Ru/c1-3-26(4-2)15-7-5-6-13(10-15)14-8-9-23-16(11-14)17-12-18(25-24-17)19(20,21)22;20-16(21)11-7-9-18-15(10-11)14-6-3-5-13(19-14)12-4-1-2-8-17-12;2-1-3;/h5-12H,3-4H2,1-2H3;1-10H,(H,20,21);;/q-1;;-1;+2. The van der Waals surface area contributed by atoms with Crippen molar-refractivity contribution in [2.24, 2.45) is 0 Å². The van der Waals surface area contributed by atoms with Crippen molar-refractivity contribution in [1.29, 1.82) is 0 Å². The van der Waals surface area contributed by atoms with Crippen LogP contribution in [-0.2, 0) is 25.7 Å². The minimum atomic E-state index is -4.51. The molecule has 0 saturated carbocycles. The molecule has 260 valence electrons. The third-order valence-corrected chi connectivity index (χ3v) is 7.11. The Labute approximate surface area is 312 Å². The number of aromatic nitrogens is 6. The first-order valence-electron chi connectivity index (χ1n) is 15.1. The quantitative estimate of drug-likeness (QED) is 0.125. The van der Waals surface area contributed by atoms with Crippen molar-refractivity contribution in [3.05, 3.63) is 126 Å². The van der Waals surface area contributed by atoms with E-state index in [1.54, 1.807) is 29.2 Å². The minimum absolute atomic E-state index is 0. The molecule has 6 aromatic rings. The molecule has 0 saturated heterocycles. The van der Waals surface area contributed by atoms with Crippen LogP contribution in [0.1, 0.15) is 29.9 Å². The number of nitrogens with zero attached hydrogens (tertiary/aromatic N) is 8. The smallest absolute Gasteiger partial charge is 2.00 e. The summed E-state index contributed by atoms with van der Waals surface area (Å²) in [5, 5.41) is 23.1. The monoisotopic (exact) mass is 844 g/mol. The van der Waals surface area contributed by atoms with E-state index in [4.69, 9.17) is 10.5 Å². The average Bonchev–Trinajstić information content (AvgIpc) is 3.66. The van der Waals surface area contributed by atoms with Gasteiger partial charge in [-0.05, 0) is 91.7 Å². The largest absolute Gasteiger partial charge is 2.00 e. The van der Waals surface area contributed by atoms with Gasteiger partial charge in [0.05, 0.1) is 28.3 Å². The fourth-order valence-corrected chi connectivity index (χ4v) is 4.72. The van der Waals surface area contributed by atoms with Gasteiger partial charge in [0.2, 0.25) is 0 Å². The first-order chi connectivity index (χ1) is 24.1. The second kappa shape index (κ2) is 19.3. The summed E-state index contributed by atoms with van der Waals surface area (Å²) in [6.07, 6.45) is 0.221. The number of carboxylic acids is 1. The number of alkyl halides is 3.